The smallest absolute Gasteiger partial charge is 0.124 e. The van der Waals surface area contributed by atoms with Crippen LogP contribution in [-0.4, -0.2) is 13.2 Å². The minimum absolute atomic E-state index is 0.301. The van der Waals surface area contributed by atoms with Crippen molar-refractivity contribution in [3.05, 3.63) is 40.9 Å². The van der Waals surface area contributed by atoms with Crippen molar-refractivity contribution in [3.63, 3.8) is 0 Å². The Hall–Kier alpha value is -0.800. The van der Waals surface area contributed by atoms with Crippen molar-refractivity contribution in [1.82, 2.24) is 5.32 Å². The maximum Gasteiger partial charge on any atom is 0.124 e. The Labute approximate surface area is 112 Å². The quantitative estimate of drug-likeness (QED) is 0.820. The van der Waals surface area contributed by atoms with Gasteiger partial charge in [-0.2, -0.15) is 0 Å². The van der Waals surface area contributed by atoms with Crippen molar-refractivity contribution in [2.75, 3.05) is 13.2 Å². The topological polar surface area (TPSA) is 21.3 Å². The van der Waals surface area contributed by atoms with Crippen LogP contribution in [-0.2, 0) is 0 Å². The van der Waals surface area contributed by atoms with Gasteiger partial charge in [0.25, 0.3) is 0 Å². The molecule has 0 radical (unpaired) electrons. The zero-order chi connectivity index (χ0) is 12.7. The maximum absolute atomic E-state index is 5.71. The third-order valence-corrected chi connectivity index (χ3v) is 2.70. The highest BCUT2D eigenvalue weighted by atomic mass is 79.9. The molecule has 0 heterocycles. The number of benzene rings is 1. The summed E-state index contributed by atoms with van der Waals surface area (Å²) in [5, 5.41) is 3.46. The van der Waals surface area contributed by atoms with Crippen LogP contribution in [0.5, 0.6) is 5.75 Å². The summed E-state index contributed by atoms with van der Waals surface area (Å²) >= 11 is 3.30. The average Bonchev–Trinajstić information content (AvgIpc) is 2.33. The van der Waals surface area contributed by atoms with Crippen molar-refractivity contribution >= 4 is 15.9 Å². The summed E-state index contributed by atoms with van der Waals surface area (Å²) in [4.78, 5) is 0. The van der Waals surface area contributed by atoms with Crippen LogP contribution in [0.25, 0.3) is 0 Å². The highest BCUT2D eigenvalue weighted by Gasteiger charge is 2.10. The van der Waals surface area contributed by atoms with Crippen LogP contribution >= 0.6 is 15.9 Å². The van der Waals surface area contributed by atoms with Crippen LogP contribution in [0.15, 0.2) is 35.3 Å². The molecule has 0 saturated heterocycles. The molecule has 0 aromatic heterocycles. The highest BCUT2D eigenvalue weighted by molar-refractivity contribution is 9.11. The van der Waals surface area contributed by atoms with Gasteiger partial charge in [-0.05, 0) is 26.0 Å². The lowest BCUT2D eigenvalue weighted by Gasteiger charge is -2.17. The number of nitrogens with one attached hydrogen (secondary N) is 1. The van der Waals surface area contributed by atoms with Gasteiger partial charge in [0.05, 0.1) is 0 Å². The van der Waals surface area contributed by atoms with E-state index in [4.69, 9.17) is 4.74 Å². The molecule has 2 nitrogen and oxygen atoms in total. The van der Waals surface area contributed by atoms with Crippen molar-refractivity contribution in [2.24, 2.45) is 0 Å². The second-order valence-electron chi connectivity index (χ2n) is 4.02. The van der Waals surface area contributed by atoms with Gasteiger partial charge in [0.2, 0.25) is 0 Å². The van der Waals surface area contributed by atoms with Crippen molar-refractivity contribution < 1.29 is 4.74 Å². The first-order chi connectivity index (χ1) is 8.15. The molecule has 0 aliphatic carbocycles. The molecule has 0 spiro atoms. The molecule has 1 unspecified atom stereocenters. The summed E-state index contributed by atoms with van der Waals surface area (Å²) in [6.45, 7) is 9.60. The van der Waals surface area contributed by atoms with E-state index in [1.165, 1.54) is 5.56 Å². The molecule has 94 valence electrons. The maximum atomic E-state index is 5.71. The van der Waals surface area contributed by atoms with Crippen molar-refractivity contribution in [1.29, 1.82) is 0 Å². The third-order valence-electron chi connectivity index (χ3n) is 2.47. The molecule has 0 amide bonds. The zero-order valence-corrected chi connectivity index (χ0v) is 12.1. The van der Waals surface area contributed by atoms with Gasteiger partial charge >= 0.3 is 0 Å². The predicted octanol–water partition coefficient (Wildman–Crippen LogP) is 4.03. The fraction of sp³-hybridized carbons (Fsp3) is 0.429. The molecule has 0 aliphatic heterocycles. The molecule has 0 aliphatic rings. The largest absolute Gasteiger partial charge is 0.488 e. The molecule has 1 aromatic carbocycles. The Morgan fingerprint density at radius 3 is 2.82 bits per heavy atom. The number of hydrogen-bond acceptors (Lipinski definition) is 2. The molecule has 0 bridgehead atoms. The van der Waals surface area contributed by atoms with Crippen LogP contribution in [0.1, 0.15) is 31.9 Å². The number of halogens is 1. The normalized spacial score (nSPS) is 12.2. The summed E-state index contributed by atoms with van der Waals surface area (Å²) in [6, 6.07) is 8.42. The molecule has 0 fully saturated rings. The Morgan fingerprint density at radius 1 is 1.47 bits per heavy atom. The van der Waals surface area contributed by atoms with Gasteiger partial charge in [-0.15, -0.1) is 0 Å². The van der Waals surface area contributed by atoms with E-state index >= 15 is 0 Å². The lowest BCUT2D eigenvalue weighted by Crippen LogP contribution is -2.20. The van der Waals surface area contributed by atoms with Gasteiger partial charge in [-0.25, -0.2) is 0 Å². The van der Waals surface area contributed by atoms with Crippen molar-refractivity contribution in [3.8, 4) is 5.75 Å². The summed E-state index contributed by atoms with van der Waals surface area (Å²) in [5.41, 5.74) is 1.19. The first-order valence-electron chi connectivity index (χ1n) is 5.93. The van der Waals surface area contributed by atoms with Crippen LogP contribution in [0.3, 0.4) is 0 Å². The first-order valence-corrected chi connectivity index (χ1v) is 6.72. The second kappa shape index (κ2) is 7.51. The van der Waals surface area contributed by atoms with Crippen LogP contribution in [0.2, 0.25) is 0 Å². The van der Waals surface area contributed by atoms with E-state index in [0.29, 0.717) is 12.6 Å². The molecule has 1 N–H and O–H groups in total. The van der Waals surface area contributed by atoms with Crippen LogP contribution in [0.4, 0.5) is 0 Å². The van der Waals surface area contributed by atoms with E-state index in [1.807, 2.05) is 18.2 Å². The summed E-state index contributed by atoms with van der Waals surface area (Å²) in [7, 11) is 0. The van der Waals surface area contributed by atoms with Crippen LogP contribution in [0, 0.1) is 0 Å². The monoisotopic (exact) mass is 297 g/mol. The summed E-state index contributed by atoms with van der Waals surface area (Å²) in [5.74, 6) is 0.921. The van der Waals surface area contributed by atoms with E-state index in [2.05, 4.69) is 47.7 Å². The zero-order valence-electron chi connectivity index (χ0n) is 10.5. The number of para-hydroxylation sites is 1. The molecule has 0 saturated carbocycles. The standard InChI is InChI=1S/C14H20BrNO/c1-4-9-16-12(3)13-7-5-6-8-14(13)17-10-11(2)15/h5-8,12,16H,2,4,9-10H2,1,3H3. The van der Waals surface area contributed by atoms with E-state index in [9.17, 15) is 0 Å². The third kappa shape index (κ3) is 4.92. The Kier molecular flexibility index (Phi) is 6.30. The first kappa shape index (κ1) is 14.3. The van der Waals surface area contributed by atoms with Gasteiger partial charge in [-0.3, -0.25) is 0 Å². The molecular formula is C14H20BrNO. The highest BCUT2D eigenvalue weighted by Crippen LogP contribution is 2.25. The number of ether oxygens (including phenoxy) is 1. The molecule has 1 atom stereocenters. The molecule has 3 heteroatoms. The van der Waals surface area contributed by atoms with Gasteiger partial charge in [0, 0.05) is 16.1 Å². The number of hydrogen-bond donors (Lipinski definition) is 1. The predicted molar refractivity (Wildman–Crippen MR) is 76.7 cm³/mol. The Bertz CT molecular complexity index is 365. The molecule has 17 heavy (non-hydrogen) atoms. The lowest BCUT2D eigenvalue weighted by molar-refractivity contribution is 0.352. The average molecular weight is 298 g/mol. The SMILES string of the molecule is C=C(Br)COc1ccccc1C(C)NCCC. The van der Waals surface area contributed by atoms with Gasteiger partial charge in [0.1, 0.15) is 12.4 Å². The second-order valence-corrected chi connectivity index (χ2v) is 5.14. The van der Waals surface area contributed by atoms with Gasteiger partial charge < -0.3 is 10.1 Å². The summed E-state index contributed by atoms with van der Waals surface area (Å²) < 4.78 is 6.56. The molecule has 1 rings (SSSR count). The lowest BCUT2D eigenvalue weighted by atomic mass is 10.1. The van der Waals surface area contributed by atoms with E-state index in [0.717, 1.165) is 23.2 Å². The minimum atomic E-state index is 0.301. The van der Waals surface area contributed by atoms with Gasteiger partial charge in [0.15, 0.2) is 0 Å². The Morgan fingerprint density at radius 2 is 2.18 bits per heavy atom. The fourth-order valence-corrected chi connectivity index (χ4v) is 1.71. The summed E-state index contributed by atoms with van der Waals surface area (Å²) in [6.07, 6.45) is 1.13. The van der Waals surface area contributed by atoms with E-state index in [-0.39, 0.29) is 0 Å². The Balaban J connectivity index is 2.72. The van der Waals surface area contributed by atoms with Crippen molar-refractivity contribution in [2.45, 2.75) is 26.3 Å². The number of rotatable bonds is 7. The van der Waals surface area contributed by atoms with Gasteiger partial charge in [-0.1, -0.05) is 47.6 Å². The molecular weight excluding hydrogens is 278 g/mol. The molecule has 1 aromatic rings. The fourth-order valence-electron chi connectivity index (χ4n) is 1.60. The van der Waals surface area contributed by atoms with E-state index < -0.39 is 0 Å². The van der Waals surface area contributed by atoms with Crippen LogP contribution < -0.4 is 10.1 Å². The minimum Gasteiger partial charge on any atom is -0.488 e. The van der Waals surface area contributed by atoms with E-state index in [1.54, 1.807) is 0 Å².